The summed E-state index contributed by atoms with van der Waals surface area (Å²) in [4.78, 5) is 48.9. The summed E-state index contributed by atoms with van der Waals surface area (Å²) in [5.74, 6) is -1.87. The molecule has 0 aliphatic heterocycles. The second kappa shape index (κ2) is 8.67. The topological polar surface area (TPSA) is 94.3 Å². The predicted octanol–water partition coefficient (Wildman–Crippen LogP) is 4.47. The molecule has 6 nitrogen and oxygen atoms in total. The first-order valence-electron chi connectivity index (χ1n) is 8.67. The van der Waals surface area contributed by atoms with Crippen LogP contribution in [0.15, 0.2) is 96.6 Å². The van der Waals surface area contributed by atoms with Gasteiger partial charge in [-0.25, -0.2) is 0 Å². The molecule has 0 unspecified atom stereocenters. The smallest absolute Gasteiger partial charge is 0.270 e. The van der Waals surface area contributed by atoms with E-state index in [0.717, 1.165) is 12.1 Å². The molecule has 0 bridgehead atoms. The van der Waals surface area contributed by atoms with Gasteiger partial charge in [-0.15, -0.1) is 0 Å². The zero-order chi connectivity index (χ0) is 20.8. The van der Waals surface area contributed by atoms with E-state index < -0.39 is 22.3 Å². The summed E-state index contributed by atoms with van der Waals surface area (Å²) in [6.45, 7) is 0. The number of rotatable bonds is 7. The Morgan fingerprint density at radius 3 is 1.66 bits per heavy atom. The van der Waals surface area contributed by atoms with Gasteiger partial charge in [0.2, 0.25) is 0 Å². The third-order valence-electron chi connectivity index (χ3n) is 4.18. The molecule has 0 N–H and O–H groups in total. The van der Waals surface area contributed by atoms with Gasteiger partial charge < -0.3 is 0 Å². The highest BCUT2D eigenvalue weighted by Crippen LogP contribution is 2.18. The fourth-order valence-corrected chi connectivity index (χ4v) is 2.71. The number of Topliss-reactive ketones (excluding diaryl/α,β-unsaturated/α-hetero) is 2. The lowest BCUT2D eigenvalue weighted by atomic mass is 9.93. The molecule has 0 spiro atoms. The van der Waals surface area contributed by atoms with Crippen LogP contribution in [0.2, 0.25) is 0 Å². The molecule has 29 heavy (non-hydrogen) atoms. The van der Waals surface area contributed by atoms with Crippen molar-refractivity contribution in [2.75, 3.05) is 0 Å². The third kappa shape index (κ3) is 4.56. The van der Waals surface area contributed by atoms with Crippen LogP contribution in [-0.4, -0.2) is 22.3 Å². The molecule has 3 rings (SSSR count). The van der Waals surface area contributed by atoms with Gasteiger partial charge in [0.1, 0.15) is 0 Å². The van der Waals surface area contributed by atoms with Crippen LogP contribution < -0.4 is 0 Å². The zero-order valence-corrected chi connectivity index (χ0v) is 15.1. The lowest BCUT2D eigenvalue weighted by molar-refractivity contribution is -0.384. The van der Waals surface area contributed by atoms with Gasteiger partial charge in [-0.2, -0.15) is 0 Å². The number of carbonyl (C=O) groups is 3. The Bertz CT molecular complexity index is 1060. The van der Waals surface area contributed by atoms with Gasteiger partial charge in [-0.1, -0.05) is 72.8 Å². The fraction of sp³-hybridized carbons (Fsp3) is 0. The maximum Gasteiger partial charge on any atom is 0.270 e. The summed E-state index contributed by atoms with van der Waals surface area (Å²) in [5.41, 5.74) is -0.0309. The monoisotopic (exact) mass is 385 g/mol. The molecule has 0 aliphatic rings. The van der Waals surface area contributed by atoms with Crippen molar-refractivity contribution in [1.29, 1.82) is 0 Å². The van der Waals surface area contributed by atoms with Crippen molar-refractivity contribution in [3.8, 4) is 0 Å². The Balaban J connectivity index is 2.06. The minimum atomic E-state index is -0.669. The molecule has 3 aromatic carbocycles. The number of hydrogen-bond acceptors (Lipinski definition) is 5. The standard InChI is InChI=1S/C23H15NO5/c25-21(18-12-7-13-19(14-18)24(28)29)15-20(22(26)16-8-3-1-4-9-16)23(27)17-10-5-2-6-11-17/h1-15H. The Morgan fingerprint density at radius 2 is 1.17 bits per heavy atom. The van der Waals surface area contributed by atoms with E-state index in [2.05, 4.69) is 0 Å². The van der Waals surface area contributed by atoms with Crippen molar-refractivity contribution in [2.24, 2.45) is 0 Å². The number of benzene rings is 3. The predicted molar refractivity (Wildman–Crippen MR) is 107 cm³/mol. The highest BCUT2D eigenvalue weighted by atomic mass is 16.6. The second-order valence-corrected chi connectivity index (χ2v) is 6.12. The number of ketones is 3. The fourth-order valence-electron chi connectivity index (χ4n) is 2.71. The first-order chi connectivity index (χ1) is 14.0. The number of nitrogens with zero attached hydrogens (tertiary/aromatic N) is 1. The average Bonchev–Trinajstić information content (AvgIpc) is 2.77. The van der Waals surface area contributed by atoms with Crippen LogP contribution >= 0.6 is 0 Å². The molecule has 0 atom stereocenters. The van der Waals surface area contributed by atoms with E-state index in [1.54, 1.807) is 60.7 Å². The van der Waals surface area contributed by atoms with E-state index in [1.807, 2.05) is 0 Å². The van der Waals surface area contributed by atoms with E-state index in [4.69, 9.17) is 0 Å². The highest BCUT2D eigenvalue weighted by Gasteiger charge is 2.23. The summed E-state index contributed by atoms with van der Waals surface area (Å²) in [6, 6.07) is 21.4. The summed E-state index contributed by atoms with van der Waals surface area (Å²) in [7, 11) is 0. The summed E-state index contributed by atoms with van der Waals surface area (Å²) >= 11 is 0. The number of carbonyl (C=O) groups excluding carboxylic acids is 3. The molecule has 6 heteroatoms. The molecule has 3 aromatic rings. The summed E-state index contributed by atoms with van der Waals surface area (Å²) < 4.78 is 0. The van der Waals surface area contributed by atoms with E-state index in [9.17, 15) is 24.5 Å². The lowest BCUT2D eigenvalue weighted by Gasteiger charge is -2.07. The van der Waals surface area contributed by atoms with Gasteiger partial charge in [0, 0.05) is 34.9 Å². The van der Waals surface area contributed by atoms with Crippen LogP contribution in [0, 0.1) is 10.1 Å². The van der Waals surface area contributed by atoms with Crippen LogP contribution in [0.1, 0.15) is 31.1 Å². The molecule has 142 valence electrons. The molecular weight excluding hydrogens is 370 g/mol. The van der Waals surface area contributed by atoms with Crippen LogP contribution in [0.4, 0.5) is 5.69 Å². The molecule has 0 amide bonds. The number of hydrogen-bond donors (Lipinski definition) is 0. The number of nitro groups is 1. The lowest BCUT2D eigenvalue weighted by Crippen LogP contribution is -2.15. The molecule has 0 aliphatic carbocycles. The Hall–Kier alpha value is -4.19. The molecule has 0 radical (unpaired) electrons. The molecule has 0 heterocycles. The van der Waals surface area contributed by atoms with Gasteiger partial charge in [0.05, 0.1) is 10.5 Å². The van der Waals surface area contributed by atoms with Crippen molar-refractivity contribution in [3.05, 3.63) is 123 Å². The Morgan fingerprint density at radius 1 is 0.690 bits per heavy atom. The quantitative estimate of drug-likeness (QED) is 0.149. The van der Waals surface area contributed by atoms with Crippen molar-refractivity contribution >= 4 is 23.0 Å². The number of nitro benzene ring substituents is 1. The third-order valence-corrected chi connectivity index (χ3v) is 4.18. The molecule has 0 saturated heterocycles. The summed E-state index contributed by atoms with van der Waals surface area (Å²) in [6.07, 6.45) is 0.948. The van der Waals surface area contributed by atoms with E-state index in [-0.39, 0.29) is 28.0 Å². The normalized spacial score (nSPS) is 10.1. The maximum atomic E-state index is 13.0. The minimum Gasteiger partial charge on any atom is -0.289 e. The van der Waals surface area contributed by atoms with Crippen LogP contribution in [0.3, 0.4) is 0 Å². The SMILES string of the molecule is O=C(C=C(C(=O)c1ccccc1)C(=O)c1ccccc1)c1cccc([N+](=O)[O-])c1. The molecule has 0 saturated carbocycles. The van der Waals surface area contributed by atoms with Crippen LogP contribution in [-0.2, 0) is 0 Å². The molecular formula is C23H15NO5. The van der Waals surface area contributed by atoms with E-state index >= 15 is 0 Å². The zero-order valence-electron chi connectivity index (χ0n) is 15.1. The van der Waals surface area contributed by atoms with Crippen LogP contribution in [0.25, 0.3) is 0 Å². The van der Waals surface area contributed by atoms with Crippen molar-refractivity contribution in [3.63, 3.8) is 0 Å². The largest absolute Gasteiger partial charge is 0.289 e. The highest BCUT2D eigenvalue weighted by molar-refractivity contribution is 6.33. The van der Waals surface area contributed by atoms with E-state index in [0.29, 0.717) is 0 Å². The number of allylic oxidation sites excluding steroid dienone is 2. The van der Waals surface area contributed by atoms with Gasteiger partial charge in [0.25, 0.3) is 5.69 Å². The van der Waals surface area contributed by atoms with Crippen molar-refractivity contribution in [2.45, 2.75) is 0 Å². The summed E-state index contributed by atoms with van der Waals surface area (Å²) in [5, 5.41) is 11.0. The van der Waals surface area contributed by atoms with Gasteiger partial charge in [0.15, 0.2) is 17.3 Å². The van der Waals surface area contributed by atoms with Crippen molar-refractivity contribution in [1.82, 2.24) is 0 Å². The second-order valence-electron chi connectivity index (χ2n) is 6.12. The Labute approximate surface area is 166 Å². The first-order valence-corrected chi connectivity index (χ1v) is 8.67. The molecule has 0 aromatic heterocycles. The minimum absolute atomic E-state index is 0.0124. The van der Waals surface area contributed by atoms with E-state index in [1.165, 1.54) is 18.2 Å². The van der Waals surface area contributed by atoms with Gasteiger partial charge >= 0.3 is 0 Å². The average molecular weight is 385 g/mol. The first kappa shape index (κ1) is 19.6. The van der Waals surface area contributed by atoms with Crippen molar-refractivity contribution < 1.29 is 19.3 Å². The Kier molecular flexibility index (Phi) is 5.85. The maximum absolute atomic E-state index is 13.0. The van der Waals surface area contributed by atoms with Gasteiger partial charge in [-0.05, 0) is 0 Å². The number of non-ortho nitro benzene ring substituents is 1. The molecule has 0 fully saturated rings. The van der Waals surface area contributed by atoms with Gasteiger partial charge in [-0.3, -0.25) is 24.5 Å². The van der Waals surface area contributed by atoms with Crippen LogP contribution in [0.5, 0.6) is 0 Å².